The third kappa shape index (κ3) is 5.00. The van der Waals surface area contributed by atoms with E-state index in [2.05, 4.69) is 29.3 Å². The van der Waals surface area contributed by atoms with Crippen LogP contribution in [-0.2, 0) is 9.53 Å². The van der Waals surface area contributed by atoms with Crippen LogP contribution >= 0.6 is 11.6 Å². The first kappa shape index (κ1) is 23.7. The summed E-state index contributed by atoms with van der Waals surface area (Å²) in [6.45, 7) is 6.91. The van der Waals surface area contributed by atoms with E-state index in [1.165, 1.54) is 12.1 Å². The summed E-state index contributed by atoms with van der Waals surface area (Å²) in [5.74, 6) is 0.0940. The van der Waals surface area contributed by atoms with Gasteiger partial charge in [-0.3, -0.25) is 4.79 Å². The number of hydrogen-bond donors (Lipinski definition) is 1. The molecule has 2 amide bonds. The first-order chi connectivity index (χ1) is 16.7. The molecule has 0 unspecified atom stereocenters. The van der Waals surface area contributed by atoms with Crippen LogP contribution in [0.25, 0.3) is 11.5 Å². The van der Waals surface area contributed by atoms with Crippen LogP contribution in [0, 0.1) is 17.2 Å². The fourth-order valence-electron chi connectivity index (χ4n) is 4.80. The highest BCUT2D eigenvalue weighted by molar-refractivity contribution is 6.33. The van der Waals surface area contributed by atoms with Gasteiger partial charge in [-0.2, -0.15) is 4.98 Å². The van der Waals surface area contributed by atoms with Gasteiger partial charge in [0, 0.05) is 38.2 Å². The molecule has 2 aliphatic heterocycles. The molecule has 3 heterocycles. The number of carbonyl (C=O) groups excluding carboxylic acids is 2. The highest BCUT2D eigenvalue weighted by Crippen LogP contribution is 2.45. The normalized spacial score (nSPS) is 21.9. The first-order valence-corrected chi connectivity index (χ1v) is 12.0. The number of nitrogens with zero attached hydrogens (tertiary/aromatic N) is 4. The van der Waals surface area contributed by atoms with Crippen LogP contribution in [-0.4, -0.2) is 72.5 Å². The molecule has 2 saturated heterocycles. The van der Waals surface area contributed by atoms with Crippen LogP contribution in [0.5, 0.6) is 5.75 Å². The van der Waals surface area contributed by atoms with Crippen molar-refractivity contribution in [2.75, 3.05) is 44.3 Å². The average Bonchev–Trinajstić information content (AvgIpc) is 3.46. The molecular formula is C23H27ClFN5O5. The van der Waals surface area contributed by atoms with Gasteiger partial charge < -0.3 is 29.1 Å². The largest absolute Gasteiger partial charge is 0.488 e. The number of alkyl carbamates (subject to hydrolysis) is 1. The Bertz CT molecular complexity index is 1130. The topological polar surface area (TPSA) is 110 Å². The van der Waals surface area contributed by atoms with Crippen LogP contribution in [0.15, 0.2) is 16.7 Å². The number of piperazine rings is 1. The number of nitrogens with one attached hydrogen (secondary N) is 1. The zero-order chi connectivity index (χ0) is 24.7. The molecule has 1 N–H and O–H groups in total. The molecule has 12 heteroatoms. The molecule has 2 aromatic rings. The lowest BCUT2D eigenvalue weighted by Crippen LogP contribution is -2.53. The van der Waals surface area contributed by atoms with Gasteiger partial charge in [0.05, 0.1) is 10.6 Å². The maximum absolute atomic E-state index is 14.7. The second-order valence-electron chi connectivity index (χ2n) is 9.99. The highest BCUT2D eigenvalue weighted by Gasteiger charge is 2.42. The molecule has 0 spiro atoms. The van der Waals surface area contributed by atoms with Crippen molar-refractivity contribution in [2.45, 2.75) is 32.7 Å². The van der Waals surface area contributed by atoms with Crippen LogP contribution in [0.1, 0.15) is 26.7 Å². The number of rotatable bonds is 6. The van der Waals surface area contributed by atoms with E-state index >= 15 is 0 Å². The molecule has 1 atom stereocenters. The minimum absolute atomic E-state index is 0.0377. The lowest BCUT2D eigenvalue weighted by molar-refractivity contribution is -0.142. The number of halogens is 2. The fourth-order valence-corrected chi connectivity index (χ4v) is 5.03. The lowest BCUT2D eigenvalue weighted by atomic mass is 9.64. The number of aromatic nitrogens is 2. The third-order valence-corrected chi connectivity index (χ3v) is 6.98. The number of anilines is 1. The minimum atomic E-state index is -0.652. The summed E-state index contributed by atoms with van der Waals surface area (Å²) < 4.78 is 30.2. The van der Waals surface area contributed by atoms with Gasteiger partial charge in [0.2, 0.25) is 5.91 Å². The van der Waals surface area contributed by atoms with Crippen molar-refractivity contribution in [1.29, 1.82) is 0 Å². The maximum atomic E-state index is 14.7. The van der Waals surface area contributed by atoms with E-state index in [-0.39, 0.29) is 58.7 Å². The Morgan fingerprint density at radius 1 is 1.29 bits per heavy atom. The summed E-state index contributed by atoms with van der Waals surface area (Å²) in [5, 5.41) is 6.76. The zero-order valence-electron chi connectivity index (χ0n) is 19.6. The van der Waals surface area contributed by atoms with Crippen molar-refractivity contribution in [3.63, 3.8) is 0 Å². The fraction of sp³-hybridized carbons (Fsp3) is 0.565. The minimum Gasteiger partial charge on any atom is -0.488 e. The molecule has 5 rings (SSSR count). The zero-order valence-corrected chi connectivity index (χ0v) is 20.3. The summed E-state index contributed by atoms with van der Waals surface area (Å²) in [7, 11) is 0. The summed E-state index contributed by atoms with van der Waals surface area (Å²) in [4.78, 5) is 32.0. The van der Waals surface area contributed by atoms with E-state index in [9.17, 15) is 14.0 Å². The second-order valence-corrected chi connectivity index (χ2v) is 10.4. The second kappa shape index (κ2) is 9.18. The van der Waals surface area contributed by atoms with Gasteiger partial charge in [-0.25, -0.2) is 9.18 Å². The molecule has 35 heavy (non-hydrogen) atoms. The smallest absolute Gasteiger partial charge is 0.407 e. The number of carbonyl (C=O) groups is 2. The summed E-state index contributed by atoms with van der Waals surface area (Å²) >= 11 is 6.35. The first-order valence-electron chi connectivity index (χ1n) is 11.6. The van der Waals surface area contributed by atoms with Crippen LogP contribution in [0.2, 0.25) is 5.02 Å². The van der Waals surface area contributed by atoms with Gasteiger partial charge in [-0.15, -0.1) is 0 Å². The predicted molar refractivity (Wildman–Crippen MR) is 124 cm³/mol. The van der Waals surface area contributed by atoms with Crippen LogP contribution in [0.3, 0.4) is 0 Å². The van der Waals surface area contributed by atoms with E-state index in [1.807, 2.05) is 9.80 Å². The van der Waals surface area contributed by atoms with Gasteiger partial charge in [-0.05, 0) is 29.5 Å². The monoisotopic (exact) mass is 507 g/mol. The van der Waals surface area contributed by atoms with Crippen molar-refractivity contribution < 1.29 is 28.0 Å². The third-order valence-electron chi connectivity index (χ3n) is 6.67. The molecule has 0 radical (unpaired) electrons. The molecule has 0 bridgehead atoms. The van der Waals surface area contributed by atoms with E-state index in [4.69, 9.17) is 25.6 Å². The Labute approximate surface area is 206 Å². The Morgan fingerprint density at radius 3 is 2.69 bits per heavy atom. The number of hydrogen-bond acceptors (Lipinski definition) is 8. The average molecular weight is 508 g/mol. The van der Waals surface area contributed by atoms with Crippen molar-refractivity contribution in [3.8, 4) is 17.2 Å². The quantitative estimate of drug-likeness (QED) is 0.635. The summed E-state index contributed by atoms with van der Waals surface area (Å²) in [6.07, 6.45) is 1.34. The molecule has 1 aromatic heterocycles. The van der Waals surface area contributed by atoms with E-state index in [1.54, 1.807) is 0 Å². The van der Waals surface area contributed by atoms with Gasteiger partial charge in [-0.1, -0.05) is 25.4 Å². The Hall–Kier alpha value is -3.08. The number of cyclic esters (lactones) is 1. The molecule has 1 aromatic carbocycles. The van der Waals surface area contributed by atoms with Crippen molar-refractivity contribution in [2.24, 2.45) is 11.3 Å². The van der Waals surface area contributed by atoms with Crippen molar-refractivity contribution in [3.05, 3.63) is 23.0 Å². The molecule has 1 aliphatic carbocycles. The Kier molecular flexibility index (Phi) is 6.20. The molecule has 3 aliphatic rings. The number of benzene rings is 1. The standard InChI is InChI=1S/C23H27ClFN5O5/c1-23(2)9-13(10-23)20(31)29-3-5-30(6-4-29)21-27-19(35-28-21)15-7-17(25)18(8-16(15)24)33-11-14-12-34-22(32)26-14/h7-8,13-14H,3-6,9-12H2,1-2H3,(H,26,32)/t14-/m1/s1. The SMILES string of the molecule is CC1(C)CC(C(=O)N2CCN(c3noc(-c4cc(F)c(OC[C@@H]5COC(=O)N5)cc4Cl)n3)CC2)C1. The van der Waals surface area contributed by atoms with E-state index in [0.29, 0.717) is 32.1 Å². The van der Waals surface area contributed by atoms with Gasteiger partial charge in [0.15, 0.2) is 11.6 Å². The molecule has 188 valence electrons. The van der Waals surface area contributed by atoms with E-state index in [0.717, 1.165) is 12.8 Å². The van der Waals surface area contributed by atoms with Gasteiger partial charge >= 0.3 is 6.09 Å². The molecule has 1 saturated carbocycles. The number of amides is 2. The Morgan fingerprint density at radius 2 is 2.03 bits per heavy atom. The van der Waals surface area contributed by atoms with Crippen molar-refractivity contribution in [1.82, 2.24) is 20.4 Å². The van der Waals surface area contributed by atoms with Crippen LogP contribution < -0.4 is 15.0 Å². The molecular weight excluding hydrogens is 481 g/mol. The highest BCUT2D eigenvalue weighted by atomic mass is 35.5. The van der Waals surface area contributed by atoms with Crippen molar-refractivity contribution >= 4 is 29.5 Å². The predicted octanol–water partition coefficient (Wildman–Crippen LogP) is 3.10. The van der Waals surface area contributed by atoms with Gasteiger partial charge in [0.1, 0.15) is 19.3 Å². The van der Waals surface area contributed by atoms with E-state index < -0.39 is 11.9 Å². The maximum Gasteiger partial charge on any atom is 0.407 e. The molecule has 3 fully saturated rings. The summed E-state index contributed by atoms with van der Waals surface area (Å²) in [5.41, 5.74) is 0.505. The summed E-state index contributed by atoms with van der Waals surface area (Å²) in [6, 6.07) is 2.14. The molecule has 10 nitrogen and oxygen atoms in total. The number of ether oxygens (including phenoxy) is 2. The Balaban J connectivity index is 1.19. The lowest BCUT2D eigenvalue weighted by Gasteiger charge is -2.45. The van der Waals surface area contributed by atoms with Crippen LogP contribution in [0.4, 0.5) is 15.1 Å². The van der Waals surface area contributed by atoms with Gasteiger partial charge in [0.25, 0.3) is 11.8 Å².